The van der Waals surface area contributed by atoms with Gasteiger partial charge in [-0.1, -0.05) is 35.5 Å². The lowest BCUT2D eigenvalue weighted by Gasteiger charge is -2.06. The Labute approximate surface area is 160 Å². The Kier molecular flexibility index (Phi) is 5.20. The molecule has 4 aromatic rings. The molecule has 1 N–H and O–H groups in total. The number of aromatic amines is 1. The van der Waals surface area contributed by atoms with Crippen LogP contribution in [-0.4, -0.2) is 34.5 Å². The molecule has 0 fully saturated rings. The number of nitrogens with zero attached hydrogens (tertiary/aromatic N) is 6. The van der Waals surface area contributed by atoms with Crippen LogP contribution in [0.3, 0.4) is 0 Å². The van der Waals surface area contributed by atoms with Crippen LogP contribution in [0.1, 0.15) is 18.1 Å². The fourth-order valence-corrected chi connectivity index (χ4v) is 3.12. The summed E-state index contributed by atoms with van der Waals surface area (Å²) in [5.74, 6) is 2.09. The molecule has 138 valence electrons. The molecular weight excluding hydrogens is 362 g/mol. The summed E-state index contributed by atoms with van der Waals surface area (Å²) in [4.78, 5) is 8.52. The second-order valence-electron chi connectivity index (χ2n) is 6.13. The molecule has 1 aromatic carbocycles. The van der Waals surface area contributed by atoms with Gasteiger partial charge in [0.05, 0.1) is 6.33 Å². The Morgan fingerprint density at radius 1 is 1.11 bits per heavy atom. The summed E-state index contributed by atoms with van der Waals surface area (Å²) in [6.45, 7) is 1.68. The van der Waals surface area contributed by atoms with E-state index in [4.69, 9.17) is 16.7 Å². The topological polar surface area (TPSA) is 90.4 Å². The van der Waals surface area contributed by atoms with Gasteiger partial charge in [0.2, 0.25) is 11.7 Å². The molecule has 0 aliphatic carbocycles. The van der Waals surface area contributed by atoms with Gasteiger partial charge in [-0.05, 0) is 18.6 Å². The summed E-state index contributed by atoms with van der Waals surface area (Å²) in [5, 5.41) is 11.3. The fourth-order valence-electron chi connectivity index (χ4n) is 2.88. The fraction of sp³-hybridized carbons (Fsp3) is 0.278. The predicted molar refractivity (Wildman–Crippen MR) is 101 cm³/mol. The number of H-pyrrole nitrogens is 1. The molecule has 0 unspecified atom stereocenters. The minimum atomic E-state index is 0.590. The lowest BCUT2D eigenvalue weighted by molar-refractivity contribution is 0.377. The van der Waals surface area contributed by atoms with Gasteiger partial charge in [0.15, 0.2) is 4.77 Å². The standard InChI is InChI=1S/C18H19N7OS/c27-18-22-21-15(25(18)11-4-10-24-12-9-19-13-24)7-8-16-20-17(23-26-16)14-5-2-1-3-6-14/h1-3,5-6,9,12-13H,4,7-8,10-11H2,(H,22,27). The van der Waals surface area contributed by atoms with Crippen LogP contribution in [0.25, 0.3) is 11.4 Å². The van der Waals surface area contributed by atoms with E-state index in [1.165, 1.54) is 0 Å². The van der Waals surface area contributed by atoms with Crippen molar-refractivity contribution >= 4 is 12.2 Å². The van der Waals surface area contributed by atoms with E-state index in [1.54, 1.807) is 6.20 Å². The summed E-state index contributed by atoms with van der Waals surface area (Å²) in [6, 6.07) is 9.78. The number of hydrogen-bond acceptors (Lipinski definition) is 6. The summed E-state index contributed by atoms with van der Waals surface area (Å²) in [5.41, 5.74) is 0.940. The van der Waals surface area contributed by atoms with Crippen molar-refractivity contribution in [3.05, 3.63) is 65.5 Å². The van der Waals surface area contributed by atoms with Crippen LogP contribution >= 0.6 is 12.2 Å². The normalized spacial score (nSPS) is 11.1. The lowest BCUT2D eigenvalue weighted by atomic mass is 10.2. The van der Waals surface area contributed by atoms with Crippen LogP contribution in [0.15, 0.2) is 53.6 Å². The van der Waals surface area contributed by atoms with E-state index in [0.29, 0.717) is 29.3 Å². The molecule has 9 heteroatoms. The molecule has 3 heterocycles. The van der Waals surface area contributed by atoms with E-state index in [9.17, 15) is 0 Å². The first-order chi connectivity index (χ1) is 13.3. The zero-order valence-corrected chi connectivity index (χ0v) is 15.5. The van der Waals surface area contributed by atoms with Crippen LogP contribution < -0.4 is 0 Å². The molecule has 27 heavy (non-hydrogen) atoms. The average molecular weight is 381 g/mol. The molecule has 0 saturated carbocycles. The Morgan fingerprint density at radius 2 is 2.00 bits per heavy atom. The molecule has 0 aliphatic heterocycles. The second kappa shape index (κ2) is 8.09. The second-order valence-corrected chi connectivity index (χ2v) is 6.52. The van der Waals surface area contributed by atoms with Crippen molar-refractivity contribution in [3.63, 3.8) is 0 Å². The molecule has 0 aliphatic rings. The third-order valence-corrected chi connectivity index (χ3v) is 4.57. The van der Waals surface area contributed by atoms with E-state index in [-0.39, 0.29) is 0 Å². The molecule has 0 atom stereocenters. The van der Waals surface area contributed by atoms with Crippen molar-refractivity contribution in [2.45, 2.75) is 32.4 Å². The molecule has 0 saturated heterocycles. The first kappa shape index (κ1) is 17.3. The van der Waals surface area contributed by atoms with E-state index in [2.05, 4.69) is 25.3 Å². The summed E-state index contributed by atoms with van der Waals surface area (Å²) in [6.07, 6.45) is 7.78. The maximum absolute atomic E-state index is 5.37. The van der Waals surface area contributed by atoms with Gasteiger partial charge in [-0.2, -0.15) is 10.1 Å². The molecule has 0 bridgehead atoms. The van der Waals surface area contributed by atoms with Gasteiger partial charge in [0, 0.05) is 43.9 Å². The van der Waals surface area contributed by atoms with Crippen molar-refractivity contribution < 1.29 is 4.52 Å². The monoisotopic (exact) mass is 381 g/mol. The lowest BCUT2D eigenvalue weighted by Crippen LogP contribution is -2.08. The minimum absolute atomic E-state index is 0.590. The third kappa shape index (κ3) is 4.20. The zero-order valence-electron chi connectivity index (χ0n) is 14.7. The SMILES string of the molecule is S=c1[nH]nc(CCc2nc(-c3ccccc3)no2)n1CCCn1ccnc1. The first-order valence-electron chi connectivity index (χ1n) is 8.77. The molecule has 0 spiro atoms. The van der Waals surface area contributed by atoms with Gasteiger partial charge >= 0.3 is 0 Å². The zero-order chi connectivity index (χ0) is 18.5. The van der Waals surface area contributed by atoms with Crippen molar-refractivity contribution in [1.29, 1.82) is 0 Å². The molecule has 3 aromatic heterocycles. The van der Waals surface area contributed by atoms with Gasteiger partial charge in [-0.3, -0.25) is 5.10 Å². The van der Waals surface area contributed by atoms with E-state index < -0.39 is 0 Å². The number of nitrogens with one attached hydrogen (secondary N) is 1. The van der Waals surface area contributed by atoms with Gasteiger partial charge in [0.1, 0.15) is 5.82 Å². The van der Waals surface area contributed by atoms with Crippen molar-refractivity contribution in [2.24, 2.45) is 0 Å². The molecule has 0 amide bonds. The summed E-state index contributed by atoms with van der Waals surface area (Å²) >= 11 is 5.36. The molecule has 0 radical (unpaired) electrons. The van der Waals surface area contributed by atoms with Crippen LogP contribution in [-0.2, 0) is 25.9 Å². The highest BCUT2D eigenvalue weighted by atomic mass is 32.1. The predicted octanol–water partition coefficient (Wildman–Crippen LogP) is 3.06. The minimum Gasteiger partial charge on any atom is -0.339 e. The van der Waals surface area contributed by atoms with E-state index in [0.717, 1.165) is 30.9 Å². The number of imidazole rings is 1. The average Bonchev–Trinajstić information content (AvgIpc) is 3.44. The van der Waals surface area contributed by atoms with E-state index >= 15 is 0 Å². The Balaban J connectivity index is 1.37. The number of rotatable bonds is 8. The Morgan fingerprint density at radius 3 is 2.81 bits per heavy atom. The first-order valence-corrected chi connectivity index (χ1v) is 9.18. The molecule has 4 rings (SSSR count). The summed E-state index contributed by atoms with van der Waals surface area (Å²) in [7, 11) is 0. The van der Waals surface area contributed by atoms with Crippen LogP contribution in [0.4, 0.5) is 0 Å². The molecule has 8 nitrogen and oxygen atoms in total. The highest BCUT2D eigenvalue weighted by Gasteiger charge is 2.11. The quantitative estimate of drug-likeness (QED) is 0.472. The van der Waals surface area contributed by atoms with Crippen LogP contribution in [0.5, 0.6) is 0 Å². The number of aromatic nitrogens is 7. The van der Waals surface area contributed by atoms with E-state index in [1.807, 2.05) is 52.0 Å². The van der Waals surface area contributed by atoms with Gasteiger partial charge < -0.3 is 13.7 Å². The largest absolute Gasteiger partial charge is 0.339 e. The number of hydrogen-bond donors (Lipinski definition) is 1. The van der Waals surface area contributed by atoms with Crippen molar-refractivity contribution in [1.82, 2.24) is 34.5 Å². The maximum Gasteiger partial charge on any atom is 0.227 e. The Hall–Kier alpha value is -3.07. The molecular formula is C18H19N7OS. The van der Waals surface area contributed by atoms with Gasteiger partial charge in [-0.15, -0.1) is 0 Å². The highest BCUT2D eigenvalue weighted by molar-refractivity contribution is 7.71. The Bertz CT molecular complexity index is 1030. The van der Waals surface area contributed by atoms with Gasteiger partial charge in [-0.25, -0.2) is 4.98 Å². The highest BCUT2D eigenvalue weighted by Crippen LogP contribution is 2.15. The van der Waals surface area contributed by atoms with Crippen molar-refractivity contribution in [3.8, 4) is 11.4 Å². The van der Waals surface area contributed by atoms with Gasteiger partial charge in [0.25, 0.3) is 0 Å². The number of benzene rings is 1. The van der Waals surface area contributed by atoms with Crippen molar-refractivity contribution in [2.75, 3.05) is 0 Å². The van der Waals surface area contributed by atoms with Crippen LogP contribution in [0, 0.1) is 4.77 Å². The smallest absolute Gasteiger partial charge is 0.227 e. The maximum atomic E-state index is 5.37. The number of aryl methyl sites for hydroxylation is 3. The third-order valence-electron chi connectivity index (χ3n) is 4.26. The summed E-state index contributed by atoms with van der Waals surface area (Å²) < 4.78 is 10.1. The van der Waals surface area contributed by atoms with Crippen LogP contribution in [0.2, 0.25) is 0 Å².